The fraction of sp³-hybridized carbons (Fsp3) is 0.867. The summed E-state index contributed by atoms with van der Waals surface area (Å²) in [5, 5.41) is 15.4. The molecule has 6 nitrogen and oxygen atoms in total. The molecule has 1 aliphatic heterocycles. The van der Waals surface area contributed by atoms with Crippen LogP contribution in [0.25, 0.3) is 0 Å². The van der Waals surface area contributed by atoms with Gasteiger partial charge in [-0.15, -0.1) is 0 Å². The number of ether oxygens (including phenoxy) is 1. The zero-order valence-corrected chi connectivity index (χ0v) is 12.5. The predicted octanol–water partition coefficient (Wildman–Crippen LogP) is 0.906. The van der Waals surface area contributed by atoms with Gasteiger partial charge >= 0.3 is 5.97 Å². The van der Waals surface area contributed by atoms with Crippen LogP contribution in [0.4, 0.5) is 0 Å². The zero-order chi connectivity index (χ0) is 15.1. The van der Waals surface area contributed by atoms with Crippen molar-refractivity contribution >= 4 is 11.9 Å². The lowest BCUT2D eigenvalue weighted by Crippen LogP contribution is -2.41. The van der Waals surface area contributed by atoms with Crippen molar-refractivity contribution < 1.29 is 19.4 Å². The molecule has 0 bridgehead atoms. The zero-order valence-electron chi connectivity index (χ0n) is 12.5. The van der Waals surface area contributed by atoms with E-state index >= 15 is 0 Å². The number of hydrogen-bond donors (Lipinski definition) is 3. The Morgan fingerprint density at radius 2 is 1.90 bits per heavy atom. The smallest absolute Gasteiger partial charge is 0.311 e. The quantitative estimate of drug-likeness (QED) is 0.650. The summed E-state index contributed by atoms with van der Waals surface area (Å²) in [5.74, 6) is -0.900. The van der Waals surface area contributed by atoms with E-state index in [1.54, 1.807) is 0 Å². The number of carboxylic acid groups (broad SMARTS) is 1. The van der Waals surface area contributed by atoms with Crippen LogP contribution in [0, 0.1) is 5.41 Å². The van der Waals surface area contributed by atoms with Crippen LogP contribution in [-0.2, 0) is 14.3 Å². The van der Waals surface area contributed by atoms with Gasteiger partial charge in [0.15, 0.2) is 0 Å². The van der Waals surface area contributed by atoms with E-state index in [1.807, 2.05) is 0 Å². The monoisotopic (exact) mass is 298 g/mol. The molecule has 0 atom stereocenters. The summed E-state index contributed by atoms with van der Waals surface area (Å²) < 4.78 is 5.68. The molecule has 21 heavy (non-hydrogen) atoms. The summed E-state index contributed by atoms with van der Waals surface area (Å²) in [7, 11) is 0. The van der Waals surface area contributed by atoms with E-state index in [0.29, 0.717) is 25.9 Å². The number of carboxylic acids is 1. The number of aliphatic carboxylic acids is 1. The molecule has 1 saturated carbocycles. The molecule has 0 radical (unpaired) electrons. The van der Waals surface area contributed by atoms with E-state index in [9.17, 15) is 14.7 Å². The molecule has 2 fully saturated rings. The Labute approximate surface area is 125 Å². The standard InChI is InChI=1S/C15H26N2O4/c18-13(5-10-21-12-3-8-16-9-4-12)17-11-15(14(19)20)6-1-2-7-15/h12,16H,1-11H2,(H,17,18)(H,19,20). The first-order valence-corrected chi connectivity index (χ1v) is 7.95. The molecule has 0 aromatic heterocycles. The molecule has 1 aliphatic carbocycles. The van der Waals surface area contributed by atoms with Gasteiger partial charge in [-0.1, -0.05) is 12.8 Å². The van der Waals surface area contributed by atoms with E-state index in [4.69, 9.17) is 4.74 Å². The highest BCUT2D eigenvalue weighted by molar-refractivity contribution is 5.79. The van der Waals surface area contributed by atoms with Gasteiger partial charge in [-0.25, -0.2) is 0 Å². The van der Waals surface area contributed by atoms with Gasteiger partial charge in [0.1, 0.15) is 0 Å². The Hall–Kier alpha value is -1.14. The summed E-state index contributed by atoms with van der Waals surface area (Å²) in [6.45, 7) is 2.60. The second kappa shape index (κ2) is 7.75. The lowest BCUT2D eigenvalue weighted by Gasteiger charge is -2.24. The first kappa shape index (κ1) is 16.2. The van der Waals surface area contributed by atoms with Gasteiger partial charge in [-0.3, -0.25) is 9.59 Å². The Morgan fingerprint density at radius 3 is 2.52 bits per heavy atom. The topological polar surface area (TPSA) is 87.7 Å². The first-order valence-electron chi connectivity index (χ1n) is 7.95. The largest absolute Gasteiger partial charge is 0.481 e. The minimum Gasteiger partial charge on any atom is -0.481 e. The highest BCUT2D eigenvalue weighted by Gasteiger charge is 2.41. The molecule has 0 aromatic carbocycles. The SMILES string of the molecule is O=C(CCOC1CCNCC1)NCC1(C(=O)O)CCCC1. The van der Waals surface area contributed by atoms with Gasteiger partial charge in [0, 0.05) is 13.0 Å². The number of nitrogens with one attached hydrogen (secondary N) is 2. The van der Waals surface area contributed by atoms with Gasteiger partial charge in [0.2, 0.25) is 5.91 Å². The molecule has 1 saturated heterocycles. The third kappa shape index (κ3) is 4.68. The highest BCUT2D eigenvalue weighted by Crippen LogP contribution is 2.37. The molecule has 0 aromatic rings. The lowest BCUT2D eigenvalue weighted by molar-refractivity contribution is -0.148. The molecule has 1 amide bonds. The summed E-state index contributed by atoms with van der Waals surface area (Å²) >= 11 is 0. The molecule has 2 rings (SSSR count). The fourth-order valence-corrected chi connectivity index (χ4v) is 3.15. The van der Waals surface area contributed by atoms with Crippen molar-refractivity contribution in [3.63, 3.8) is 0 Å². The maximum atomic E-state index is 11.8. The maximum absolute atomic E-state index is 11.8. The summed E-state index contributed by atoms with van der Waals surface area (Å²) in [5.41, 5.74) is -0.744. The molecule has 0 spiro atoms. The van der Waals surface area contributed by atoms with Crippen molar-refractivity contribution in [2.75, 3.05) is 26.2 Å². The van der Waals surface area contributed by atoms with Gasteiger partial charge in [0.05, 0.1) is 18.1 Å². The molecule has 0 unspecified atom stereocenters. The van der Waals surface area contributed by atoms with Crippen LogP contribution in [0.2, 0.25) is 0 Å². The van der Waals surface area contributed by atoms with Crippen molar-refractivity contribution in [1.29, 1.82) is 0 Å². The molecular formula is C15H26N2O4. The number of carbonyl (C=O) groups excluding carboxylic acids is 1. The fourth-order valence-electron chi connectivity index (χ4n) is 3.15. The normalized spacial score (nSPS) is 22.1. The van der Waals surface area contributed by atoms with Crippen molar-refractivity contribution in [3.8, 4) is 0 Å². The van der Waals surface area contributed by atoms with Crippen molar-refractivity contribution in [2.24, 2.45) is 5.41 Å². The van der Waals surface area contributed by atoms with Gasteiger partial charge in [-0.05, 0) is 38.8 Å². The van der Waals surface area contributed by atoms with Crippen LogP contribution >= 0.6 is 0 Å². The van der Waals surface area contributed by atoms with Gasteiger partial charge in [0.25, 0.3) is 0 Å². The number of hydrogen-bond acceptors (Lipinski definition) is 4. The number of amides is 1. The van der Waals surface area contributed by atoms with Crippen LogP contribution in [0.1, 0.15) is 44.9 Å². The predicted molar refractivity (Wildman–Crippen MR) is 78.0 cm³/mol. The maximum Gasteiger partial charge on any atom is 0.311 e. The van der Waals surface area contributed by atoms with Crippen LogP contribution in [-0.4, -0.2) is 49.3 Å². The Bertz CT molecular complexity index is 361. The van der Waals surface area contributed by atoms with E-state index in [0.717, 1.165) is 38.8 Å². The Balaban J connectivity index is 1.63. The molecular weight excluding hydrogens is 272 g/mol. The molecule has 6 heteroatoms. The van der Waals surface area contributed by atoms with Crippen LogP contribution in [0.5, 0.6) is 0 Å². The minimum absolute atomic E-state index is 0.114. The molecule has 1 heterocycles. The first-order chi connectivity index (χ1) is 10.1. The lowest BCUT2D eigenvalue weighted by atomic mass is 9.86. The third-order valence-corrected chi connectivity index (χ3v) is 4.61. The van der Waals surface area contributed by atoms with Crippen LogP contribution < -0.4 is 10.6 Å². The van der Waals surface area contributed by atoms with Gasteiger partial charge in [-0.2, -0.15) is 0 Å². The number of piperidine rings is 1. The van der Waals surface area contributed by atoms with Crippen molar-refractivity contribution in [3.05, 3.63) is 0 Å². The second-order valence-electron chi connectivity index (χ2n) is 6.14. The molecule has 120 valence electrons. The average molecular weight is 298 g/mol. The van der Waals surface area contributed by atoms with Crippen molar-refractivity contribution in [1.82, 2.24) is 10.6 Å². The highest BCUT2D eigenvalue weighted by atomic mass is 16.5. The second-order valence-corrected chi connectivity index (χ2v) is 6.14. The summed E-state index contributed by atoms with van der Waals surface area (Å²) in [6.07, 6.45) is 5.72. The van der Waals surface area contributed by atoms with Crippen molar-refractivity contribution in [2.45, 2.75) is 51.0 Å². The van der Waals surface area contributed by atoms with Gasteiger partial charge < -0.3 is 20.5 Å². The number of carbonyl (C=O) groups is 2. The minimum atomic E-state index is -0.786. The van der Waals surface area contributed by atoms with E-state index < -0.39 is 11.4 Å². The summed E-state index contributed by atoms with van der Waals surface area (Å²) in [6, 6.07) is 0. The van der Waals surface area contributed by atoms with E-state index in [2.05, 4.69) is 10.6 Å². The Morgan fingerprint density at radius 1 is 1.24 bits per heavy atom. The van der Waals surface area contributed by atoms with Crippen LogP contribution in [0.15, 0.2) is 0 Å². The van der Waals surface area contributed by atoms with E-state index in [-0.39, 0.29) is 18.6 Å². The molecule has 3 N–H and O–H groups in total. The van der Waals surface area contributed by atoms with Crippen LogP contribution in [0.3, 0.4) is 0 Å². The van der Waals surface area contributed by atoms with E-state index in [1.165, 1.54) is 0 Å². The third-order valence-electron chi connectivity index (χ3n) is 4.61. The molecule has 2 aliphatic rings. The average Bonchev–Trinajstić information content (AvgIpc) is 2.96. The summed E-state index contributed by atoms with van der Waals surface area (Å²) in [4.78, 5) is 23.2. The Kier molecular flexibility index (Phi) is 5.99. The number of rotatable bonds is 7.